The molecule has 1 aliphatic rings. The van der Waals surface area contributed by atoms with Gasteiger partial charge in [-0.2, -0.15) is 5.10 Å². The highest BCUT2D eigenvalue weighted by atomic mass is 32.1. The Morgan fingerprint density at radius 3 is 2.54 bits per heavy atom. The first kappa shape index (κ1) is 28.0. The molecule has 4 rings (SSSR count). The van der Waals surface area contributed by atoms with Crippen molar-refractivity contribution in [1.29, 1.82) is 0 Å². The maximum Gasteiger partial charge on any atom is 0.341 e. The number of nitrogens with zero attached hydrogens (tertiary/aromatic N) is 1. The van der Waals surface area contributed by atoms with E-state index in [4.69, 9.17) is 9.47 Å². The summed E-state index contributed by atoms with van der Waals surface area (Å²) in [5, 5.41) is 7.42. The average molecular weight is 548 g/mol. The van der Waals surface area contributed by atoms with E-state index in [-0.39, 0.29) is 12.5 Å². The molecule has 0 spiro atoms. The molecule has 9 heteroatoms. The molecule has 0 aliphatic heterocycles. The fourth-order valence-electron chi connectivity index (χ4n) is 4.29. The highest BCUT2D eigenvalue weighted by Gasteiger charge is 2.29. The number of rotatable bonds is 9. The Kier molecular flexibility index (Phi) is 9.14. The number of thiophene rings is 1. The molecule has 0 radical (unpaired) electrons. The number of aryl methyl sites for hydroxylation is 1. The Labute approximate surface area is 232 Å². The van der Waals surface area contributed by atoms with Crippen molar-refractivity contribution >= 4 is 40.3 Å². The molecule has 1 heterocycles. The van der Waals surface area contributed by atoms with Crippen LogP contribution in [0.1, 0.15) is 69.5 Å². The normalized spacial score (nSPS) is 15.3. The van der Waals surface area contributed by atoms with E-state index in [1.165, 1.54) is 11.3 Å². The molecule has 2 atom stereocenters. The predicted molar refractivity (Wildman–Crippen MR) is 153 cm³/mol. The Bertz CT molecular complexity index is 1360. The van der Waals surface area contributed by atoms with Crippen molar-refractivity contribution in [3.63, 3.8) is 0 Å². The van der Waals surface area contributed by atoms with Gasteiger partial charge in [-0.25, -0.2) is 10.2 Å². The van der Waals surface area contributed by atoms with Gasteiger partial charge < -0.3 is 14.8 Å². The largest absolute Gasteiger partial charge is 0.481 e. The van der Waals surface area contributed by atoms with E-state index in [1.807, 2.05) is 31.2 Å². The van der Waals surface area contributed by atoms with Crippen LogP contribution >= 0.6 is 11.3 Å². The summed E-state index contributed by atoms with van der Waals surface area (Å²) in [5.41, 5.74) is 6.35. The van der Waals surface area contributed by atoms with Gasteiger partial charge in [-0.1, -0.05) is 36.8 Å². The molecule has 1 aliphatic carbocycles. The Morgan fingerprint density at radius 2 is 1.85 bits per heavy atom. The Balaban J connectivity index is 1.37. The van der Waals surface area contributed by atoms with E-state index in [9.17, 15) is 14.4 Å². The lowest BCUT2D eigenvalue weighted by atomic mass is 9.88. The van der Waals surface area contributed by atoms with E-state index in [1.54, 1.807) is 44.3 Å². The summed E-state index contributed by atoms with van der Waals surface area (Å²) in [6, 6.07) is 14.2. The number of anilines is 1. The van der Waals surface area contributed by atoms with Gasteiger partial charge in [0.05, 0.1) is 18.4 Å². The van der Waals surface area contributed by atoms with Crippen LogP contribution in [0.15, 0.2) is 53.6 Å². The summed E-state index contributed by atoms with van der Waals surface area (Å²) in [6.07, 6.45) is 3.45. The van der Waals surface area contributed by atoms with E-state index in [2.05, 4.69) is 22.8 Å². The van der Waals surface area contributed by atoms with Crippen molar-refractivity contribution in [1.82, 2.24) is 5.43 Å². The molecule has 0 bridgehead atoms. The number of ether oxygens (including phenoxy) is 2. The minimum Gasteiger partial charge on any atom is -0.481 e. The van der Waals surface area contributed by atoms with Crippen LogP contribution in [0.4, 0.5) is 5.00 Å². The van der Waals surface area contributed by atoms with Gasteiger partial charge in [-0.05, 0) is 81.3 Å². The topological polar surface area (TPSA) is 106 Å². The van der Waals surface area contributed by atoms with Gasteiger partial charge in [0.2, 0.25) is 0 Å². The van der Waals surface area contributed by atoms with Crippen LogP contribution in [-0.2, 0) is 22.4 Å². The maximum absolute atomic E-state index is 13.0. The quantitative estimate of drug-likeness (QED) is 0.208. The molecule has 0 fully saturated rings. The first-order valence-electron chi connectivity index (χ1n) is 13.0. The van der Waals surface area contributed by atoms with E-state index < -0.39 is 18.0 Å². The van der Waals surface area contributed by atoms with Gasteiger partial charge >= 0.3 is 5.97 Å². The second-order valence-electron chi connectivity index (χ2n) is 9.66. The minimum absolute atomic E-state index is 0.268. The Morgan fingerprint density at radius 1 is 1.13 bits per heavy atom. The highest BCUT2D eigenvalue weighted by Crippen LogP contribution is 2.40. The molecule has 8 nitrogen and oxygen atoms in total. The van der Waals surface area contributed by atoms with E-state index in [0.717, 1.165) is 40.8 Å². The van der Waals surface area contributed by atoms with E-state index >= 15 is 0 Å². The summed E-state index contributed by atoms with van der Waals surface area (Å²) < 4.78 is 11.0. The van der Waals surface area contributed by atoms with Crippen LogP contribution in [0.5, 0.6) is 5.75 Å². The summed E-state index contributed by atoms with van der Waals surface area (Å²) in [5.74, 6) is -0.173. The molecule has 3 aromatic rings. The summed E-state index contributed by atoms with van der Waals surface area (Å²) in [6.45, 7) is 7.85. The van der Waals surface area contributed by atoms with Crippen molar-refractivity contribution in [2.24, 2.45) is 11.0 Å². The second kappa shape index (κ2) is 12.7. The molecule has 0 unspecified atom stereocenters. The predicted octanol–water partition coefficient (Wildman–Crippen LogP) is 5.53. The number of hydrazone groups is 1. The maximum atomic E-state index is 13.0. The van der Waals surface area contributed by atoms with Gasteiger partial charge in [-0.3, -0.25) is 9.59 Å². The third kappa shape index (κ3) is 7.11. The minimum atomic E-state index is -0.799. The molecule has 1 aromatic heterocycles. The summed E-state index contributed by atoms with van der Waals surface area (Å²) >= 11 is 1.45. The number of fused-ring (bicyclic) bond motifs is 1. The lowest BCUT2D eigenvalue weighted by molar-refractivity contribution is -0.127. The highest BCUT2D eigenvalue weighted by molar-refractivity contribution is 7.17. The Hall–Kier alpha value is -3.98. The fraction of sp³-hybridized carbons (Fsp3) is 0.333. The zero-order valence-electron chi connectivity index (χ0n) is 22.6. The standard InChI is InChI=1S/C30H33N3O5S/c1-5-37-30(36)26-24-15-8-19(3)16-25(24)39-29(26)32-28(35)22-11-13-23(14-12-22)38-20(4)27(34)33-31-17-21-9-6-18(2)7-10-21/h6-7,9-14,17,19-20H,5,8,15-16H2,1-4H3,(H,32,35)(H,33,34)/b31-17-/t19-,20+/m0/s1. The molecule has 0 saturated carbocycles. The SMILES string of the molecule is CCOC(=O)c1c(NC(=O)c2ccc(O[C@H](C)C(=O)N/N=C\c3ccc(C)cc3)cc2)sc2c1CC[C@H](C)C2. The molecule has 2 N–H and O–H groups in total. The first-order chi connectivity index (χ1) is 18.7. The first-order valence-corrected chi connectivity index (χ1v) is 13.9. The number of hydrogen-bond donors (Lipinski definition) is 2. The zero-order valence-corrected chi connectivity index (χ0v) is 23.4. The van der Waals surface area contributed by atoms with Gasteiger partial charge in [0.1, 0.15) is 10.8 Å². The van der Waals surface area contributed by atoms with Gasteiger partial charge in [-0.15, -0.1) is 11.3 Å². The number of hydrogen-bond acceptors (Lipinski definition) is 7. The number of amides is 2. The number of carbonyl (C=O) groups is 3. The molecule has 0 saturated heterocycles. The number of nitrogens with one attached hydrogen (secondary N) is 2. The van der Waals surface area contributed by atoms with Crippen molar-refractivity contribution in [3.05, 3.63) is 81.2 Å². The molecule has 2 aromatic carbocycles. The molecular weight excluding hydrogens is 514 g/mol. The smallest absolute Gasteiger partial charge is 0.341 e. The van der Waals surface area contributed by atoms with Crippen molar-refractivity contribution < 1.29 is 23.9 Å². The van der Waals surface area contributed by atoms with Crippen LogP contribution in [0.3, 0.4) is 0 Å². The lowest BCUT2D eigenvalue weighted by Gasteiger charge is -2.18. The van der Waals surface area contributed by atoms with Gasteiger partial charge in [0.15, 0.2) is 6.10 Å². The lowest BCUT2D eigenvalue weighted by Crippen LogP contribution is -2.33. The average Bonchev–Trinajstić information content (AvgIpc) is 3.27. The summed E-state index contributed by atoms with van der Waals surface area (Å²) in [7, 11) is 0. The van der Waals surface area contributed by atoms with Crippen LogP contribution in [0, 0.1) is 12.8 Å². The third-order valence-electron chi connectivity index (χ3n) is 6.48. The van der Waals surface area contributed by atoms with Crippen LogP contribution in [0.2, 0.25) is 0 Å². The van der Waals surface area contributed by atoms with Crippen LogP contribution < -0.4 is 15.5 Å². The summed E-state index contributed by atoms with van der Waals surface area (Å²) in [4.78, 5) is 39.3. The van der Waals surface area contributed by atoms with Crippen LogP contribution in [-0.4, -0.2) is 36.7 Å². The van der Waals surface area contributed by atoms with Gasteiger partial charge in [0.25, 0.3) is 11.8 Å². The zero-order chi connectivity index (χ0) is 27.9. The molecule has 2 amide bonds. The monoisotopic (exact) mass is 547 g/mol. The van der Waals surface area contributed by atoms with Crippen molar-refractivity contribution in [2.45, 2.75) is 53.1 Å². The van der Waals surface area contributed by atoms with Gasteiger partial charge in [0, 0.05) is 10.4 Å². The fourth-order valence-corrected chi connectivity index (χ4v) is 5.68. The molecule has 39 heavy (non-hydrogen) atoms. The number of benzene rings is 2. The number of carbonyl (C=O) groups excluding carboxylic acids is 3. The van der Waals surface area contributed by atoms with E-state index in [0.29, 0.717) is 27.8 Å². The van der Waals surface area contributed by atoms with Crippen molar-refractivity contribution in [2.75, 3.05) is 11.9 Å². The molecular formula is C30H33N3O5S. The van der Waals surface area contributed by atoms with Crippen LogP contribution in [0.25, 0.3) is 0 Å². The van der Waals surface area contributed by atoms with Crippen molar-refractivity contribution in [3.8, 4) is 5.75 Å². The second-order valence-corrected chi connectivity index (χ2v) is 10.8. The number of esters is 1. The molecule has 204 valence electrons. The third-order valence-corrected chi connectivity index (χ3v) is 7.65.